The summed E-state index contributed by atoms with van der Waals surface area (Å²) in [4.78, 5) is 28.0. The fourth-order valence-electron chi connectivity index (χ4n) is 2.78. The Balaban J connectivity index is 1.79. The van der Waals surface area contributed by atoms with Crippen LogP contribution in [0.2, 0.25) is 5.02 Å². The summed E-state index contributed by atoms with van der Waals surface area (Å²) < 4.78 is 0. The van der Waals surface area contributed by atoms with Gasteiger partial charge in [0.15, 0.2) is 0 Å². The molecule has 7 heteroatoms. The Morgan fingerprint density at radius 3 is 2.58 bits per heavy atom. The van der Waals surface area contributed by atoms with Crippen LogP contribution in [0.1, 0.15) is 20.3 Å². The first-order valence-electron chi connectivity index (χ1n) is 8.36. The Hall–Kier alpha value is -1.79. The Kier molecular flexibility index (Phi) is 6.87. The predicted octanol–water partition coefficient (Wildman–Crippen LogP) is 2.09. The van der Waals surface area contributed by atoms with Gasteiger partial charge in [0, 0.05) is 36.8 Å². The fraction of sp³-hybridized carbons (Fsp3) is 0.529. The van der Waals surface area contributed by atoms with Crippen LogP contribution >= 0.6 is 11.6 Å². The van der Waals surface area contributed by atoms with Crippen LogP contribution in [-0.4, -0.2) is 55.6 Å². The van der Waals surface area contributed by atoms with Gasteiger partial charge < -0.3 is 20.4 Å². The first-order chi connectivity index (χ1) is 11.5. The van der Waals surface area contributed by atoms with E-state index >= 15 is 0 Å². The molecule has 3 amide bonds. The maximum absolute atomic E-state index is 12.1. The second-order valence-electron chi connectivity index (χ2n) is 5.81. The molecule has 1 aliphatic heterocycles. The van der Waals surface area contributed by atoms with Crippen molar-refractivity contribution < 1.29 is 9.59 Å². The average Bonchev–Trinajstić information content (AvgIpc) is 2.92. The third-order valence-corrected chi connectivity index (χ3v) is 4.46. The summed E-state index contributed by atoms with van der Waals surface area (Å²) in [6.45, 7) is 8.01. The summed E-state index contributed by atoms with van der Waals surface area (Å²) in [6.07, 6.45) is 0.312. The van der Waals surface area contributed by atoms with Crippen molar-refractivity contribution in [3.8, 4) is 0 Å². The van der Waals surface area contributed by atoms with Gasteiger partial charge in [-0.05, 0) is 37.4 Å². The summed E-state index contributed by atoms with van der Waals surface area (Å²) in [7, 11) is 0. The molecule has 1 aliphatic rings. The molecule has 1 aromatic rings. The van der Waals surface area contributed by atoms with E-state index in [2.05, 4.69) is 29.4 Å². The van der Waals surface area contributed by atoms with Gasteiger partial charge in [-0.15, -0.1) is 0 Å². The van der Waals surface area contributed by atoms with Crippen LogP contribution in [0, 0.1) is 0 Å². The maximum Gasteiger partial charge on any atom is 0.315 e. The van der Waals surface area contributed by atoms with Gasteiger partial charge in [0.25, 0.3) is 0 Å². The van der Waals surface area contributed by atoms with Crippen molar-refractivity contribution in [1.29, 1.82) is 0 Å². The molecular weight excluding hydrogens is 328 g/mol. The lowest BCUT2D eigenvalue weighted by molar-refractivity contribution is -0.117. The van der Waals surface area contributed by atoms with Crippen molar-refractivity contribution in [2.75, 3.05) is 37.6 Å². The van der Waals surface area contributed by atoms with Crippen LogP contribution in [0.15, 0.2) is 24.3 Å². The molecule has 0 saturated carbocycles. The molecular formula is C17H25ClN4O2. The van der Waals surface area contributed by atoms with Gasteiger partial charge in [0.1, 0.15) is 0 Å². The van der Waals surface area contributed by atoms with Gasteiger partial charge in [-0.2, -0.15) is 0 Å². The number of likely N-dealkylation sites (N-methyl/N-ethyl adjacent to an activating group) is 1. The molecule has 0 spiro atoms. The molecule has 0 radical (unpaired) electrons. The smallest absolute Gasteiger partial charge is 0.315 e. The second kappa shape index (κ2) is 8.89. The SMILES string of the molecule is CCN(CC)CCNC(=O)N[C@H]1CC(=O)N(c2ccc(Cl)cc2)C1. The number of benzene rings is 1. The molecule has 1 saturated heterocycles. The van der Waals surface area contributed by atoms with Crippen molar-refractivity contribution in [2.24, 2.45) is 0 Å². The first-order valence-corrected chi connectivity index (χ1v) is 8.74. The minimum absolute atomic E-state index is 0.00534. The number of anilines is 1. The van der Waals surface area contributed by atoms with Gasteiger partial charge in [-0.1, -0.05) is 25.4 Å². The Morgan fingerprint density at radius 2 is 1.96 bits per heavy atom. The molecule has 24 heavy (non-hydrogen) atoms. The van der Waals surface area contributed by atoms with E-state index in [-0.39, 0.29) is 18.0 Å². The van der Waals surface area contributed by atoms with E-state index in [0.29, 0.717) is 24.5 Å². The number of rotatable bonds is 7. The minimum Gasteiger partial charge on any atom is -0.337 e. The molecule has 1 aromatic carbocycles. The normalized spacial score (nSPS) is 17.4. The minimum atomic E-state index is -0.224. The quantitative estimate of drug-likeness (QED) is 0.789. The number of nitrogens with zero attached hydrogens (tertiary/aromatic N) is 2. The number of hydrogen-bond acceptors (Lipinski definition) is 3. The largest absolute Gasteiger partial charge is 0.337 e. The van der Waals surface area contributed by atoms with E-state index in [4.69, 9.17) is 11.6 Å². The molecule has 132 valence electrons. The van der Waals surface area contributed by atoms with Gasteiger partial charge >= 0.3 is 6.03 Å². The summed E-state index contributed by atoms with van der Waals surface area (Å²) in [5.74, 6) is 0.00534. The zero-order chi connectivity index (χ0) is 17.5. The van der Waals surface area contributed by atoms with E-state index in [1.165, 1.54) is 0 Å². The highest BCUT2D eigenvalue weighted by Gasteiger charge is 2.31. The van der Waals surface area contributed by atoms with Crippen LogP contribution in [0.3, 0.4) is 0 Å². The van der Waals surface area contributed by atoms with Crippen molar-refractivity contribution in [3.05, 3.63) is 29.3 Å². The summed E-state index contributed by atoms with van der Waals surface area (Å²) in [5, 5.41) is 6.35. The third kappa shape index (κ3) is 5.11. The molecule has 6 nitrogen and oxygen atoms in total. The van der Waals surface area contributed by atoms with Gasteiger partial charge in [0.2, 0.25) is 5.91 Å². The number of halogens is 1. The number of amides is 3. The molecule has 1 heterocycles. The molecule has 0 aromatic heterocycles. The molecule has 2 rings (SSSR count). The predicted molar refractivity (Wildman–Crippen MR) is 96.5 cm³/mol. The van der Waals surface area contributed by atoms with Crippen molar-refractivity contribution >= 4 is 29.2 Å². The van der Waals surface area contributed by atoms with Crippen molar-refractivity contribution in [1.82, 2.24) is 15.5 Å². The first kappa shape index (κ1) is 18.5. The van der Waals surface area contributed by atoms with Crippen LogP contribution in [0.4, 0.5) is 10.5 Å². The van der Waals surface area contributed by atoms with Crippen LogP contribution in [0.25, 0.3) is 0 Å². The molecule has 2 N–H and O–H groups in total. The number of nitrogens with one attached hydrogen (secondary N) is 2. The Labute approximate surface area is 148 Å². The standard InChI is InChI=1S/C17H25ClN4O2/c1-3-21(4-2)10-9-19-17(24)20-14-11-16(23)22(12-14)15-7-5-13(18)6-8-15/h5-8,14H,3-4,9-12H2,1-2H3,(H2,19,20,24)/t14-/m0/s1. The molecule has 1 fully saturated rings. The zero-order valence-electron chi connectivity index (χ0n) is 14.2. The topological polar surface area (TPSA) is 64.7 Å². The lowest BCUT2D eigenvalue weighted by Crippen LogP contribution is -2.45. The van der Waals surface area contributed by atoms with Gasteiger partial charge in [-0.25, -0.2) is 4.79 Å². The number of carbonyl (C=O) groups is 2. The molecule has 1 atom stereocenters. The fourth-order valence-corrected chi connectivity index (χ4v) is 2.90. The van der Waals surface area contributed by atoms with E-state index < -0.39 is 0 Å². The summed E-state index contributed by atoms with van der Waals surface area (Å²) in [5.41, 5.74) is 0.802. The van der Waals surface area contributed by atoms with Crippen LogP contribution in [-0.2, 0) is 4.79 Å². The van der Waals surface area contributed by atoms with E-state index in [0.717, 1.165) is 25.3 Å². The summed E-state index contributed by atoms with van der Waals surface area (Å²) >= 11 is 5.87. The highest BCUT2D eigenvalue weighted by atomic mass is 35.5. The molecule has 0 bridgehead atoms. The number of hydrogen-bond donors (Lipinski definition) is 2. The highest BCUT2D eigenvalue weighted by molar-refractivity contribution is 6.30. The van der Waals surface area contributed by atoms with Crippen molar-refractivity contribution in [2.45, 2.75) is 26.3 Å². The summed E-state index contributed by atoms with van der Waals surface area (Å²) in [6, 6.07) is 6.73. The monoisotopic (exact) mass is 352 g/mol. The number of carbonyl (C=O) groups excluding carboxylic acids is 2. The molecule has 0 aliphatic carbocycles. The van der Waals surface area contributed by atoms with E-state index in [9.17, 15) is 9.59 Å². The lowest BCUT2D eigenvalue weighted by Gasteiger charge is -2.19. The van der Waals surface area contributed by atoms with Crippen LogP contribution in [0.5, 0.6) is 0 Å². The van der Waals surface area contributed by atoms with Crippen molar-refractivity contribution in [3.63, 3.8) is 0 Å². The third-order valence-electron chi connectivity index (χ3n) is 4.21. The van der Waals surface area contributed by atoms with E-state index in [1.54, 1.807) is 17.0 Å². The zero-order valence-corrected chi connectivity index (χ0v) is 15.0. The number of urea groups is 1. The van der Waals surface area contributed by atoms with Gasteiger partial charge in [0.05, 0.1) is 6.04 Å². The highest BCUT2D eigenvalue weighted by Crippen LogP contribution is 2.23. The Bertz CT molecular complexity index is 560. The van der Waals surface area contributed by atoms with Gasteiger partial charge in [-0.3, -0.25) is 4.79 Å². The average molecular weight is 353 g/mol. The lowest BCUT2D eigenvalue weighted by atomic mass is 10.2. The van der Waals surface area contributed by atoms with Crippen LogP contribution < -0.4 is 15.5 Å². The second-order valence-corrected chi connectivity index (χ2v) is 6.25. The molecule has 0 unspecified atom stereocenters. The maximum atomic E-state index is 12.1. The van der Waals surface area contributed by atoms with E-state index in [1.807, 2.05) is 12.1 Å². The Morgan fingerprint density at radius 1 is 1.29 bits per heavy atom.